The SMILES string of the molecule is CCNC(=NCCCCn1c(C)cccc1=O)N(C)CCOCC1CC1.I. The topological polar surface area (TPSA) is 58.9 Å². The molecule has 1 aliphatic rings. The largest absolute Gasteiger partial charge is 0.379 e. The van der Waals surface area contributed by atoms with Gasteiger partial charge >= 0.3 is 0 Å². The number of nitrogens with one attached hydrogen (secondary N) is 1. The molecule has 1 fully saturated rings. The lowest BCUT2D eigenvalue weighted by molar-refractivity contribution is 0.115. The van der Waals surface area contributed by atoms with E-state index >= 15 is 0 Å². The van der Waals surface area contributed by atoms with Gasteiger partial charge in [-0.05, 0) is 51.5 Å². The summed E-state index contributed by atoms with van der Waals surface area (Å²) in [6.07, 6.45) is 4.56. The number of aliphatic imine (C=N–C) groups is 1. The van der Waals surface area contributed by atoms with E-state index < -0.39 is 0 Å². The Morgan fingerprint density at radius 2 is 2.15 bits per heavy atom. The average molecular weight is 490 g/mol. The maximum absolute atomic E-state index is 11.9. The van der Waals surface area contributed by atoms with E-state index in [1.54, 1.807) is 6.07 Å². The number of rotatable bonds is 11. The Labute approximate surface area is 180 Å². The van der Waals surface area contributed by atoms with Crippen LogP contribution in [0.1, 0.15) is 38.3 Å². The molecule has 1 heterocycles. The molecule has 0 atom stereocenters. The first-order chi connectivity index (χ1) is 12.6. The summed E-state index contributed by atoms with van der Waals surface area (Å²) >= 11 is 0. The fourth-order valence-corrected chi connectivity index (χ4v) is 2.79. The first-order valence-corrected chi connectivity index (χ1v) is 9.85. The van der Waals surface area contributed by atoms with Crippen molar-refractivity contribution in [1.29, 1.82) is 0 Å². The molecule has 7 heteroatoms. The maximum atomic E-state index is 11.9. The van der Waals surface area contributed by atoms with Crippen molar-refractivity contribution in [2.45, 2.75) is 46.1 Å². The first-order valence-electron chi connectivity index (χ1n) is 9.85. The molecular weight excluding hydrogens is 455 g/mol. The molecule has 0 spiro atoms. The molecule has 27 heavy (non-hydrogen) atoms. The Hall–Kier alpha value is -1.09. The van der Waals surface area contributed by atoms with E-state index in [-0.39, 0.29) is 29.5 Å². The van der Waals surface area contributed by atoms with Crippen LogP contribution in [0.4, 0.5) is 0 Å². The molecule has 154 valence electrons. The number of ether oxygens (including phenoxy) is 1. The second-order valence-electron chi connectivity index (χ2n) is 7.04. The van der Waals surface area contributed by atoms with Gasteiger partial charge in [-0.2, -0.15) is 0 Å². The quantitative estimate of drug-likeness (QED) is 0.224. The molecule has 6 nitrogen and oxygen atoms in total. The smallest absolute Gasteiger partial charge is 0.250 e. The van der Waals surface area contributed by atoms with Crippen LogP contribution in [0.3, 0.4) is 0 Å². The Bertz CT molecular complexity index is 629. The van der Waals surface area contributed by atoms with Gasteiger partial charge in [0.1, 0.15) is 0 Å². The predicted molar refractivity (Wildman–Crippen MR) is 122 cm³/mol. The van der Waals surface area contributed by atoms with Crippen molar-refractivity contribution in [1.82, 2.24) is 14.8 Å². The van der Waals surface area contributed by atoms with E-state index in [9.17, 15) is 4.79 Å². The van der Waals surface area contributed by atoms with Crippen LogP contribution < -0.4 is 10.9 Å². The van der Waals surface area contributed by atoms with Crippen LogP contribution in [0, 0.1) is 12.8 Å². The van der Waals surface area contributed by atoms with Crippen molar-refractivity contribution in [3.63, 3.8) is 0 Å². The number of unbranched alkanes of at least 4 members (excludes halogenated alkanes) is 1. The van der Waals surface area contributed by atoms with Gasteiger partial charge in [-0.3, -0.25) is 9.79 Å². The van der Waals surface area contributed by atoms with Crippen molar-refractivity contribution in [2.24, 2.45) is 10.9 Å². The van der Waals surface area contributed by atoms with Gasteiger partial charge in [-0.25, -0.2) is 0 Å². The summed E-state index contributed by atoms with van der Waals surface area (Å²) in [5.41, 5.74) is 1.09. The summed E-state index contributed by atoms with van der Waals surface area (Å²) in [6, 6.07) is 5.41. The van der Waals surface area contributed by atoms with E-state index in [1.165, 1.54) is 12.8 Å². The molecule has 0 amide bonds. The van der Waals surface area contributed by atoms with Crippen molar-refractivity contribution >= 4 is 29.9 Å². The molecule has 1 aromatic rings. The van der Waals surface area contributed by atoms with Gasteiger partial charge < -0.3 is 19.5 Å². The van der Waals surface area contributed by atoms with Gasteiger partial charge in [0.05, 0.1) is 6.61 Å². The molecule has 0 unspecified atom stereocenters. The number of aromatic nitrogens is 1. The summed E-state index contributed by atoms with van der Waals surface area (Å²) in [5, 5.41) is 3.34. The first kappa shape index (κ1) is 23.9. The van der Waals surface area contributed by atoms with Gasteiger partial charge in [0.15, 0.2) is 5.96 Å². The number of hydrogen-bond acceptors (Lipinski definition) is 3. The zero-order valence-corrected chi connectivity index (χ0v) is 19.3. The minimum absolute atomic E-state index is 0. The number of pyridine rings is 1. The predicted octanol–water partition coefficient (Wildman–Crippen LogP) is 2.88. The van der Waals surface area contributed by atoms with E-state index in [0.29, 0.717) is 0 Å². The average Bonchev–Trinajstić information content (AvgIpc) is 3.44. The van der Waals surface area contributed by atoms with Crippen molar-refractivity contribution in [2.75, 3.05) is 39.9 Å². The van der Waals surface area contributed by atoms with E-state index in [1.807, 2.05) is 23.6 Å². The highest BCUT2D eigenvalue weighted by Crippen LogP contribution is 2.28. The third-order valence-corrected chi connectivity index (χ3v) is 4.64. The Morgan fingerprint density at radius 3 is 2.81 bits per heavy atom. The number of nitrogens with zero attached hydrogens (tertiary/aromatic N) is 3. The minimum Gasteiger partial charge on any atom is -0.379 e. The Kier molecular flexibility index (Phi) is 11.7. The van der Waals surface area contributed by atoms with E-state index in [4.69, 9.17) is 9.73 Å². The van der Waals surface area contributed by atoms with Gasteiger partial charge in [-0.1, -0.05) is 6.07 Å². The third-order valence-electron chi connectivity index (χ3n) is 4.64. The van der Waals surface area contributed by atoms with E-state index in [0.717, 1.165) is 69.8 Å². The summed E-state index contributed by atoms with van der Waals surface area (Å²) < 4.78 is 7.55. The monoisotopic (exact) mass is 490 g/mol. The zero-order chi connectivity index (χ0) is 18.8. The summed E-state index contributed by atoms with van der Waals surface area (Å²) in [5.74, 6) is 1.73. The van der Waals surface area contributed by atoms with Crippen LogP contribution >= 0.6 is 24.0 Å². The molecular formula is C20H35IN4O2. The lowest BCUT2D eigenvalue weighted by atomic mass is 10.3. The fourth-order valence-electron chi connectivity index (χ4n) is 2.79. The summed E-state index contributed by atoms with van der Waals surface area (Å²) in [4.78, 5) is 18.7. The molecule has 0 aliphatic heterocycles. The van der Waals surface area contributed by atoms with Crippen LogP contribution in [-0.4, -0.2) is 55.3 Å². The lowest BCUT2D eigenvalue weighted by Crippen LogP contribution is -2.40. The van der Waals surface area contributed by atoms with Crippen LogP contribution in [0.2, 0.25) is 0 Å². The van der Waals surface area contributed by atoms with Crippen LogP contribution in [0.15, 0.2) is 28.0 Å². The molecule has 1 saturated carbocycles. The Balaban J connectivity index is 0.00000364. The standard InChI is InChI=1S/C20H34N4O2.HI/c1-4-21-20(23(3)14-15-26-16-18-10-11-18)22-12-5-6-13-24-17(2)8-7-9-19(24)25;/h7-9,18H,4-6,10-16H2,1-3H3,(H,21,22);1H. The molecule has 0 saturated heterocycles. The second kappa shape index (κ2) is 13.1. The molecule has 1 aliphatic carbocycles. The maximum Gasteiger partial charge on any atom is 0.250 e. The molecule has 2 rings (SSSR count). The van der Waals surface area contributed by atoms with Crippen molar-refractivity contribution < 1.29 is 4.74 Å². The fraction of sp³-hybridized carbons (Fsp3) is 0.700. The number of hydrogen-bond donors (Lipinski definition) is 1. The summed E-state index contributed by atoms with van der Waals surface area (Å²) in [6.45, 7) is 8.91. The van der Waals surface area contributed by atoms with Crippen LogP contribution in [0.5, 0.6) is 0 Å². The normalized spacial score (nSPS) is 14.0. The summed E-state index contributed by atoms with van der Waals surface area (Å²) in [7, 11) is 2.05. The number of likely N-dealkylation sites (N-methyl/N-ethyl adjacent to an activating group) is 1. The van der Waals surface area contributed by atoms with Gasteiger partial charge in [0, 0.05) is 51.6 Å². The molecule has 1 N–H and O–H groups in total. The van der Waals surface area contributed by atoms with Crippen LogP contribution in [-0.2, 0) is 11.3 Å². The highest BCUT2D eigenvalue weighted by molar-refractivity contribution is 14.0. The van der Waals surface area contributed by atoms with Gasteiger partial charge in [0.2, 0.25) is 0 Å². The van der Waals surface area contributed by atoms with Gasteiger partial charge in [0.25, 0.3) is 5.56 Å². The highest BCUT2D eigenvalue weighted by atomic mass is 127. The zero-order valence-electron chi connectivity index (χ0n) is 16.9. The second-order valence-corrected chi connectivity index (χ2v) is 7.04. The minimum atomic E-state index is 0. The Morgan fingerprint density at radius 1 is 1.37 bits per heavy atom. The third kappa shape index (κ3) is 9.10. The van der Waals surface area contributed by atoms with E-state index in [2.05, 4.69) is 24.2 Å². The number of halogens is 1. The molecule has 1 aromatic heterocycles. The molecule has 0 aromatic carbocycles. The van der Waals surface area contributed by atoms with Crippen molar-refractivity contribution in [3.05, 3.63) is 34.2 Å². The molecule has 0 bridgehead atoms. The number of aryl methyl sites for hydroxylation is 1. The lowest BCUT2D eigenvalue weighted by Gasteiger charge is -2.22. The highest BCUT2D eigenvalue weighted by Gasteiger charge is 2.21. The van der Waals surface area contributed by atoms with Crippen LogP contribution in [0.25, 0.3) is 0 Å². The molecule has 0 radical (unpaired) electrons. The van der Waals surface area contributed by atoms with Crippen molar-refractivity contribution in [3.8, 4) is 0 Å². The number of guanidine groups is 1. The van der Waals surface area contributed by atoms with Gasteiger partial charge in [-0.15, -0.1) is 24.0 Å².